The summed E-state index contributed by atoms with van der Waals surface area (Å²) in [7, 11) is 0. The van der Waals surface area contributed by atoms with Gasteiger partial charge >= 0.3 is 0 Å². The lowest BCUT2D eigenvalue weighted by Crippen LogP contribution is -2.02. The molecule has 1 nitrogen and oxygen atoms in total. The fourth-order valence-electron chi connectivity index (χ4n) is 1.04. The van der Waals surface area contributed by atoms with Gasteiger partial charge in [-0.15, -0.1) is 0 Å². The molecular weight excluding hydrogens is 98.1 g/mol. The van der Waals surface area contributed by atoms with E-state index >= 15 is 0 Å². The molecule has 1 aliphatic heterocycles. The Hall–Kier alpha value is -0.460. The third kappa shape index (κ3) is 1.25. The smallest absolute Gasteiger partial charge is 0.0147 e. The van der Waals surface area contributed by atoms with Gasteiger partial charge in [0.05, 0.1) is 0 Å². The Labute approximate surface area is 50.8 Å². The van der Waals surface area contributed by atoms with E-state index in [0.29, 0.717) is 0 Å². The van der Waals surface area contributed by atoms with E-state index in [4.69, 9.17) is 0 Å². The van der Waals surface area contributed by atoms with Gasteiger partial charge in [-0.05, 0) is 19.3 Å². The minimum Gasteiger partial charge on any atom is -0.389 e. The van der Waals surface area contributed by atoms with Gasteiger partial charge in [0.2, 0.25) is 0 Å². The molecule has 0 bridgehead atoms. The van der Waals surface area contributed by atoms with E-state index in [9.17, 15) is 0 Å². The second kappa shape index (κ2) is 2.75. The highest BCUT2D eigenvalue weighted by Crippen LogP contribution is 2.08. The van der Waals surface area contributed by atoms with Crippen molar-refractivity contribution in [1.29, 1.82) is 0 Å². The van der Waals surface area contributed by atoms with E-state index in [1.54, 1.807) is 0 Å². The second-order valence-corrected chi connectivity index (χ2v) is 2.17. The molecule has 0 spiro atoms. The molecule has 1 rings (SSSR count). The van der Waals surface area contributed by atoms with Crippen molar-refractivity contribution >= 4 is 0 Å². The van der Waals surface area contributed by atoms with Crippen LogP contribution >= 0.6 is 0 Å². The van der Waals surface area contributed by atoms with E-state index in [2.05, 4.69) is 18.3 Å². The van der Waals surface area contributed by atoms with Crippen LogP contribution < -0.4 is 5.32 Å². The summed E-state index contributed by atoms with van der Waals surface area (Å²) >= 11 is 0. The lowest BCUT2D eigenvalue weighted by Gasteiger charge is -1.93. The normalized spacial score (nSPS) is 23.9. The summed E-state index contributed by atoms with van der Waals surface area (Å²) in [5, 5.41) is 3.32. The van der Waals surface area contributed by atoms with Gasteiger partial charge in [-0.2, -0.15) is 0 Å². The van der Waals surface area contributed by atoms with Crippen LogP contribution in [-0.2, 0) is 0 Å². The van der Waals surface area contributed by atoms with E-state index in [-0.39, 0.29) is 0 Å². The first-order chi connectivity index (χ1) is 3.93. The maximum absolute atomic E-state index is 3.32. The Morgan fingerprint density at radius 2 is 2.62 bits per heavy atom. The van der Waals surface area contributed by atoms with Crippen molar-refractivity contribution in [2.75, 3.05) is 6.54 Å². The quantitative estimate of drug-likeness (QED) is 0.542. The van der Waals surface area contributed by atoms with E-state index < -0.39 is 0 Å². The van der Waals surface area contributed by atoms with Crippen LogP contribution in [0.3, 0.4) is 0 Å². The fraction of sp³-hybridized carbons (Fsp3) is 0.714. The molecular formula is C7H13N. The highest BCUT2D eigenvalue weighted by atomic mass is 14.9. The number of nitrogens with one attached hydrogen (secondary N) is 1. The highest BCUT2D eigenvalue weighted by molar-refractivity contribution is 5.02. The summed E-state index contributed by atoms with van der Waals surface area (Å²) in [6.07, 6.45) is 6.04. The summed E-state index contributed by atoms with van der Waals surface area (Å²) in [5.74, 6) is 0. The van der Waals surface area contributed by atoms with Gasteiger partial charge in [0, 0.05) is 12.2 Å². The van der Waals surface area contributed by atoms with Crippen LogP contribution in [0.25, 0.3) is 0 Å². The molecule has 0 aromatic heterocycles. The van der Waals surface area contributed by atoms with Crippen LogP contribution in [0.1, 0.15) is 26.2 Å². The monoisotopic (exact) mass is 111 g/mol. The van der Waals surface area contributed by atoms with Crippen LogP contribution in [0.4, 0.5) is 0 Å². The van der Waals surface area contributed by atoms with Crippen LogP contribution in [0.15, 0.2) is 11.8 Å². The van der Waals surface area contributed by atoms with Gasteiger partial charge < -0.3 is 5.32 Å². The summed E-state index contributed by atoms with van der Waals surface area (Å²) < 4.78 is 0. The fourth-order valence-corrected chi connectivity index (χ4v) is 1.04. The topological polar surface area (TPSA) is 12.0 Å². The molecule has 1 saturated heterocycles. The Morgan fingerprint density at radius 1 is 1.75 bits per heavy atom. The maximum Gasteiger partial charge on any atom is 0.0147 e. The summed E-state index contributed by atoms with van der Waals surface area (Å²) in [4.78, 5) is 0. The molecule has 1 aliphatic rings. The first kappa shape index (κ1) is 5.67. The first-order valence-electron chi connectivity index (χ1n) is 3.36. The van der Waals surface area contributed by atoms with Crippen molar-refractivity contribution in [3.8, 4) is 0 Å². The number of hydrogen-bond acceptors (Lipinski definition) is 1. The van der Waals surface area contributed by atoms with Crippen LogP contribution in [-0.4, -0.2) is 6.54 Å². The minimum atomic E-state index is 1.17. The van der Waals surface area contributed by atoms with Gasteiger partial charge in [0.25, 0.3) is 0 Å². The molecule has 1 N–H and O–H groups in total. The molecule has 0 saturated carbocycles. The van der Waals surface area contributed by atoms with Crippen molar-refractivity contribution < 1.29 is 0 Å². The molecule has 0 aromatic carbocycles. The molecule has 46 valence electrons. The highest BCUT2D eigenvalue weighted by Gasteiger charge is 2.01. The lowest BCUT2D eigenvalue weighted by molar-refractivity contribution is 0.901. The molecule has 0 unspecified atom stereocenters. The molecule has 0 aliphatic carbocycles. The minimum absolute atomic E-state index is 1.17. The Kier molecular flexibility index (Phi) is 1.95. The van der Waals surface area contributed by atoms with E-state index in [1.807, 2.05) is 0 Å². The van der Waals surface area contributed by atoms with Crippen LogP contribution in [0.5, 0.6) is 0 Å². The average Bonchev–Trinajstić information content (AvgIpc) is 2.19. The van der Waals surface area contributed by atoms with Gasteiger partial charge in [-0.3, -0.25) is 0 Å². The summed E-state index contributed by atoms with van der Waals surface area (Å²) in [5.41, 5.74) is 1.45. The summed E-state index contributed by atoms with van der Waals surface area (Å²) in [6, 6.07) is 0. The van der Waals surface area contributed by atoms with Crippen molar-refractivity contribution in [3.05, 3.63) is 11.8 Å². The molecule has 8 heavy (non-hydrogen) atoms. The Balaban J connectivity index is 2.33. The average molecular weight is 111 g/mol. The van der Waals surface area contributed by atoms with E-state index in [0.717, 1.165) is 0 Å². The number of rotatable bonds is 1. The molecule has 0 atom stereocenters. The Bertz CT molecular complexity index is 86.6. The van der Waals surface area contributed by atoms with Crippen molar-refractivity contribution in [2.45, 2.75) is 26.2 Å². The zero-order valence-corrected chi connectivity index (χ0v) is 5.41. The number of hydrogen-bond donors (Lipinski definition) is 1. The predicted octanol–water partition coefficient (Wildman–Crippen LogP) is 1.66. The van der Waals surface area contributed by atoms with Gasteiger partial charge in [-0.1, -0.05) is 13.0 Å². The zero-order chi connectivity index (χ0) is 5.82. The maximum atomic E-state index is 3.32. The Morgan fingerprint density at radius 3 is 3.12 bits per heavy atom. The van der Waals surface area contributed by atoms with Crippen molar-refractivity contribution in [2.24, 2.45) is 0 Å². The van der Waals surface area contributed by atoms with Crippen LogP contribution in [0.2, 0.25) is 0 Å². The SMILES string of the molecule is CC/C=C1/CCCN1. The lowest BCUT2D eigenvalue weighted by atomic mass is 10.3. The standard InChI is InChI=1S/C7H13N/c1-2-4-7-5-3-6-8-7/h4,8H,2-3,5-6H2,1H3/b7-4-. The van der Waals surface area contributed by atoms with Gasteiger partial charge in [0.15, 0.2) is 0 Å². The zero-order valence-electron chi connectivity index (χ0n) is 5.41. The predicted molar refractivity (Wildman–Crippen MR) is 35.6 cm³/mol. The van der Waals surface area contributed by atoms with Crippen molar-refractivity contribution in [3.63, 3.8) is 0 Å². The molecule has 1 fully saturated rings. The molecule has 1 heterocycles. The molecule has 0 amide bonds. The second-order valence-electron chi connectivity index (χ2n) is 2.17. The third-order valence-electron chi connectivity index (χ3n) is 1.43. The van der Waals surface area contributed by atoms with Crippen LogP contribution in [0, 0.1) is 0 Å². The van der Waals surface area contributed by atoms with Gasteiger partial charge in [0.1, 0.15) is 0 Å². The number of allylic oxidation sites excluding steroid dienone is 2. The molecule has 1 heteroatoms. The van der Waals surface area contributed by atoms with Gasteiger partial charge in [-0.25, -0.2) is 0 Å². The third-order valence-corrected chi connectivity index (χ3v) is 1.43. The van der Waals surface area contributed by atoms with E-state index in [1.165, 1.54) is 31.5 Å². The van der Waals surface area contributed by atoms with Crippen molar-refractivity contribution in [1.82, 2.24) is 5.32 Å². The largest absolute Gasteiger partial charge is 0.389 e. The molecule has 0 radical (unpaired) electrons. The first-order valence-corrected chi connectivity index (χ1v) is 3.36. The summed E-state index contributed by atoms with van der Waals surface area (Å²) in [6.45, 7) is 3.36. The molecule has 0 aromatic rings.